The van der Waals surface area contributed by atoms with Crippen molar-refractivity contribution in [1.29, 1.82) is 0 Å². The van der Waals surface area contributed by atoms with E-state index < -0.39 is 0 Å². The number of hydrogen-bond acceptors (Lipinski definition) is 1. The molecule has 3 aromatic rings. The maximum absolute atomic E-state index is 12.5. The maximum Gasteiger partial charge on any atom is 0.255 e. The quantitative estimate of drug-likeness (QED) is 0.705. The van der Waals surface area contributed by atoms with Crippen molar-refractivity contribution in [3.8, 4) is 0 Å². The van der Waals surface area contributed by atoms with Gasteiger partial charge in [0, 0.05) is 11.3 Å². The number of rotatable bonds is 2. The number of carbonyl (C=O) groups is 1. The Balaban J connectivity index is 1.91. The van der Waals surface area contributed by atoms with Gasteiger partial charge < -0.3 is 5.32 Å². The first-order chi connectivity index (χ1) is 10.5. The fourth-order valence-electron chi connectivity index (χ4n) is 2.67. The van der Waals surface area contributed by atoms with Crippen molar-refractivity contribution in [2.75, 3.05) is 5.32 Å². The SMILES string of the molecule is Cc1cc(C)c(C(=O)Nc2ccc3ccccc3c2)cc1C. The predicted octanol–water partition coefficient (Wildman–Crippen LogP) is 5.02. The molecule has 0 spiro atoms. The third kappa shape index (κ3) is 2.73. The van der Waals surface area contributed by atoms with E-state index in [1.807, 2.05) is 56.3 Å². The molecule has 0 aliphatic rings. The first-order valence-electron chi connectivity index (χ1n) is 7.42. The molecule has 0 bridgehead atoms. The van der Waals surface area contributed by atoms with Crippen molar-refractivity contribution in [1.82, 2.24) is 0 Å². The molecule has 1 amide bonds. The highest BCUT2D eigenvalue weighted by Gasteiger charge is 2.11. The summed E-state index contributed by atoms with van der Waals surface area (Å²) in [6.45, 7) is 6.07. The molecule has 0 aliphatic heterocycles. The van der Waals surface area contributed by atoms with E-state index in [9.17, 15) is 4.79 Å². The van der Waals surface area contributed by atoms with Crippen molar-refractivity contribution in [3.63, 3.8) is 0 Å². The van der Waals surface area contributed by atoms with E-state index in [0.29, 0.717) is 0 Å². The highest BCUT2D eigenvalue weighted by molar-refractivity contribution is 6.06. The average Bonchev–Trinajstić information content (AvgIpc) is 2.50. The molecule has 3 aromatic carbocycles. The average molecular weight is 289 g/mol. The number of amides is 1. The number of carbonyl (C=O) groups excluding carboxylic acids is 1. The Morgan fingerprint density at radius 2 is 1.45 bits per heavy atom. The van der Waals surface area contributed by atoms with Crippen molar-refractivity contribution < 1.29 is 4.79 Å². The molecule has 0 fully saturated rings. The van der Waals surface area contributed by atoms with Gasteiger partial charge >= 0.3 is 0 Å². The zero-order valence-electron chi connectivity index (χ0n) is 13.1. The van der Waals surface area contributed by atoms with E-state index in [1.165, 1.54) is 10.9 Å². The van der Waals surface area contributed by atoms with Crippen LogP contribution in [-0.2, 0) is 0 Å². The van der Waals surface area contributed by atoms with Crippen molar-refractivity contribution in [2.45, 2.75) is 20.8 Å². The minimum Gasteiger partial charge on any atom is -0.322 e. The van der Waals surface area contributed by atoms with Crippen LogP contribution in [-0.4, -0.2) is 5.91 Å². The minimum absolute atomic E-state index is 0.0594. The molecule has 3 rings (SSSR count). The number of anilines is 1. The Morgan fingerprint density at radius 1 is 0.773 bits per heavy atom. The Bertz CT molecular complexity index is 865. The number of fused-ring (bicyclic) bond motifs is 1. The molecule has 1 N–H and O–H groups in total. The van der Waals surface area contributed by atoms with Gasteiger partial charge in [-0.15, -0.1) is 0 Å². The number of nitrogens with one attached hydrogen (secondary N) is 1. The van der Waals surface area contributed by atoms with Gasteiger partial charge in [0.15, 0.2) is 0 Å². The van der Waals surface area contributed by atoms with Crippen LogP contribution >= 0.6 is 0 Å². The molecule has 0 heterocycles. The molecule has 0 saturated heterocycles. The summed E-state index contributed by atoms with van der Waals surface area (Å²) >= 11 is 0. The fraction of sp³-hybridized carbons (Fsp3) is 0.150. The van der Waals surface area contributed by atoms with Gasteiger partial charge in [0.1, 0.15) is 0 Å². The molecule has 0 radical (unpaired) electrons. The minimum atomic E-state index is -0.0594. The van der Waals surface area contributed by atoms with Crippen LogP contribution in [0.25, 0.3) is 10.8 Å². The number of hydrogen-bond donors (Lipinski definition) is 1. The zero-order chi connectivity index (χ0) is 15.7. The first-order valence-corrected chi connectivity index (χ1v) is 7.42. The van der Waals surface area contributed by atoms with Crippen molar-refractivity contribution in [3.05, 3.63) is 76.9 Å². The molecule has 0 saturated carbocycles. The standard InChI is InChI=1S/C20H19NO/c1-13-10-15(3)19(11-14(13)2)20(22)21-18-9-8-16-6-4-5-7-17(16)12-18/h4-12H,1-3H3,(H,21,22). The topological polar surface area (TPSA) is 29.1 Å². The molecular weight excluding hydrogens is 270 g/mol. The van der Waals surface area contributed by atoms with Gasteiger partial charge in [-0.1, -0.05) is 36.4 Å². The second-order valence-electron chi connectivity index (χ2n) is 5.77. The van der Waals surface area contributed by atoms with Crippen LogP contribution in [0.15, 0.2) is 54.6 Å². The molecule has 110 valence electrons. The molecular formula is C20H19NO. The summed E-state index contributed by atoms with van der Waals surface area (Å²) < 4.78 is 0. The molecule has 2 heteroatoms. The van der Waals surface area contributed by atoms with Gasteiger partial charge in [-0.25, -0.2) is 0 Å². The Morgan fingerprint density at radius 3 is 2.23 bits per heavy atom. The predicted molar refractivity (Wildman–Crippen MR) is 92.6 cm³/mol. The van der Waals surface area contributed by atoms with Crippen LogP contribution in [0, 0.1) is 20.8 Å². The third-order valence-corrected chi connectivity index (χ3v) is 4.09. The summed E-state index contributed by atoms with van der Waals surface area (Å²) in [5.74, 6) is -0.0594. The smallest absolute Gasteiger partial charge is 0.255 e. The van der Waals surface area contributed by atoms with Gasteiger partial charge in [0.05, 0.1) is 0 Å². The van der Waals surface area contributed by atoms with Crippen molar-refractivity contribution in [2.24, 2.45) is 0 Å². The third-order valence-electron chi connectivity index (χ3n) is 4.09. The van der Waals surface area contributed by atoms with Crippen LogP contribution < -0.4 is 5.32 Å². The summed E-state index contributed by atoms with van der Waals surface area (Å²) in [4.78, 5) is 12.5. The van der Waals surface area contributed by atoms with Crippen molar-refractivity contribution >= 4 is 22.4 Å². The van der Waals surface area contributed by atoms with E-state index >= 15 is 0 Å². The van der Waals surface area contributed by atoms with Crippen LogP contribution in [0.4, 0.5) is 5.69 Å². The summed E-state index contributed by atoms with van der Waals surface area (Å²) in [7, 11) is 0. The van der Waals surface area contributed by atoms with Gasteiger partial charge in [-0.05, 0) is 66.4 Å². The Labute approximate surface area is 130 Å². The molecule has 0 atom stereocenters. The molecule has 0 aliphatic carbocycles. The van der Waals surface area contributed by atoms with Gasteiger partial charge in [-0.2, -0.15) is 0 Å². The second kappa shape index (κ2) is 5.64. The lowest BCUT2D eigenvalue weighted by Gasteiger charge is -2.11. The summed E-state index contributed by atoms with van der Waals surface area (Å²) in [6, 6.07) is 18.1. The zero-order valence-corrected chi connectivity index (χ0v) is 13.1. The normalized spacial score (nSPS) is 10.7. The summed E-state index contributed by atoms with van der Waals surface area (Å²) in [5.41, 5.74) is 4.90. The number of aryl methyl sites for hydroxylation is 3. The molecule has 0 aromatic heterocycles. The molecule has 2 nitrogen and oxygen atoms in total. The van der Waals surface area contributed by atoms with E-state index in [4.69, 9.17) is 0 Å². The Hall–Kier alpha value is -2.61. The lowest BCUT2D eigenvalue weighted by molar-refractivity contribution is 0.102. The van der Waals surface area contributed by atoms with Gasteiger partial charge in [0.25, 0.3) is 5.91 Å². The summed E-state index contributed by atoms with van der Waals surface area (Å²) in [5, 5.41) is 5.29. The van der Waals surface area contributed by atoms with E-state index in [-0.39, 0.29) is 5.91 Å². The van der Waals surface area contributed by atoms with Crippen LogP contribution in [0.5, 0.6) is 0 Å². The molecule has 22 heavy (non-hydrogen) atoms. The molecule has 0 unspecified atom stereocenters. The van der Waals surface area contributed by atoms with Crippen LogP contribution in [0.1, 0.15) is 27.0 Å². The van der Waals surface area contributed by atoms with Crippen LogP contribution in [0.2, 0.25) is 0 Å². The van der Waals surface area contributed by atoms with Gasteiger partial charge in [0.2, 0.25) is 0 Å². The first kappa shape index (κ1) is 14.3. The maximum atomic E-state index is 12.5. The highest BCUT2D eigenvalue weighted by atomic mass is 16.1. The highest BCUT2D eigenvalue weighted by Crippen LogP contribution is 2.21. The number of benzene rings is 3. The van der Waals surface area contributed by atoms with Crippen LogP contribution in [0.3, 0.4) is 0 Å². The fourth-order valence-corrected chi connectivity index (χ4v) is 2.67. The van der Waals surface area contributed by atoms with E-state index in [1.54, 1.807) is 0 Å². The lowest BCUT2D eigenvalue weighted by atomic mass is 10.0. The summed E-state index contributed by atoms with van der Waals surface area (Å²) in [6.07, 6.45) is 0. The largest absolute Gasteiger partial charge is 0.322 e. The lowest BCUT2D eigenvalue weighted by Crippen LogP contribution is -2.14. The van der Waals surface area contributed by atoms with E-state index in [0.717, 1.165) is 27.8 Å². The Kier molecular flexibility index (Phi) is 3.68. The second-order valence-corrected chi connectivity index (χ2v) is 5.77. The van der Waals surface area contributed by atoms with E-state index in [2.05, 4.69) is 24.4 Å². The monoisotopic (exact) mass is 289 g/mol. The van der Waals surface area contributed by atoms with Gasteiger partial charge in [-0.3, -0.25) is 4.79 Å².